The largest absolute Gasteiger partial charge is 0.480 e. The molecule has 4 amide bonds. The van der Waals surface area contributed by atoms with Gasteiger partial charge < -0.3 is 32.5 Å². The Balaban J connectivity index is 4.67. The van der Waals surface area contributed by atoms with Gasteiger partial charge in [0.2, 0.25) is 23.6 Å². The second-order valence-electron chi connectivity index (χ2n) is 5.81. The average molecular weight is 438 g/mol. The summed E-state index contributed by atoms with van der Waals surface area (Å²) < 4.78 is 0. The van der Waals surface area contributed by atoms with Gasteiger partial charge in [-0.25, -0.2) is 4.79 Å². The fraction of sp³-hybridized carbons (Fsp3) is 0.667. The third-order valence-electron chi connectivity index (χ3n) is 3.52. The molecule has 0 saturated heterocycles. The van der Waals surface area contributed by atoms with Gasteiger partial charge in [-0.3, -0.25) is 19.2 Å². The summed E-state index contributed by atoms with van der Waals surface area (Å²) in [5, 5.41) is 16.1. The molecule has 11 nitrogen and oxygen atoms in total. The summed E-state index contributed by atoms with van der Waals surface area (Å²) in [6.45, 7) is -0.429. The highest BCUT2D eigenvalue weighted by atomic mass is 32.2. The Morgan fingerprint density at radius 3 is 2.21 bits per heavy atom. The monoisotopic (exact) mass is 437 g/mol. The van der Waals surface area contributed by atoms with Crippen molar-refractivity contribution < 1.29 is 29.1 Å². The number of amides is 4. The second-order valence-corrected chi connectivity index (χ2v) is 7.16. The molecule has 160 valence electrons. The number of hydrogen-bond donors (Lipinski definition) is 7. The van der Waals surface area contributed by atoms with E-state index in [9.17, 15) is 24.0 Å². The van der Waals surface area contributed by atoms with Crippen molar-refractivity contribution in [2.75, 3.05) is 24.3 Å². The van der Waals surface area contributed by atoms with E-state index >= 15 is 0 Å². The summed E-state index contributed by atoms with van der Waals surface area (Å²) in [5.41, 5.74) is 10.6. The molecule has 0 radical (unpaired) electrons. The zero-order valence-corrected chi connectivity index (χ0v) is 17.2. The lowest BCUT2D eigenvalue weighted by atomic mass is 10.1. The van der Waals surface area contributed by atoms with E-state index in [0.29, 0.717) is 5.75 Å². The molecule has 28 heavy (non-hydrogen) atoms. The predicted molar refractivity (Wildman–Crippen MR) is 108 cm³/mol. The van der Waals surface area contributed by atoms with Crippen LogP contribution in [0, 0.1) is 0 Å². The lowest BCUT2D eigenvalue weighted by molar-refractivity contribution is -0.141. The molecule has 0 spiro atoms. The van der Waals surface area contributed by atoms with Crippen molar-refractivity contribution in [3.63, 3.8) is 0 Å². The number of thioether (sulfide) groups is 1. The highest BCUT2D eigenvalue weighted by Gasteiger charge is 2.25. The van der Waals surface area contributed by atoms with Crippen LogP contribution >= 0.6 is 24.4 Å². The lowest BCUT2D eigenvalue weighted by Gasteiger charge is -2.21. The van der Waals surface area contributed by atoms with Crippen molar-refractivity contribution in [3.8, 4) is 0 Å². The Morgan fingerprint density at radius 2 is 1.71 bits per heavy atom. The summed E-state index contributed by atoms with van der Waals surface area (Å²) in [5.74, 6) is -3.34. The molecule has 0 bridgehead atoms. The number of aliphatic carboxylic acids is 1. The molecule has 0 aromatic heterocycles. The summed E-state index contributed by atoms with van der Waals surface area (Å²) in [7, 11) is 0. The fourth-order valence-electron chi connectivity index (χ4n) is 1.94. The van der Waals surface area contributed by atoms with Gasteiger partial charge in [0.15, 0.2) is 0 Å². The Kier molecular flexibility index (Phi) is 13.1. The molecule has 0 fully saturated rings. The number of carboxylic acids is 1. The van der Waals surface area contributed by atoms with Gasteiger partial charge in [-0.1, -0.05) is 0 Å². The minimum atomic E-state index is -1.24. The topological polar surface area (TPSA) is 194 Å². The lowest BCUT2D eigenvalue weighted by Crippen LogP contribution is -2.54. The number of carboxylic acid groups (broad SMARTS) is 1. The quantitative estimate of drug-likeness (QED) is 0.144. The van der Waals surface area contributed by atoms with E-state index in [2.05, 4.69) is 28.6 Å². The molecule has 0 rings (SSSR count). The molecule has 0 aliphatic carbocycles. The van der Waals surface area contributed by atoms with Gasteiger partial charge >= 0.3 is 5.97 Å². The molecule has 0 aliphatic heterocycles. The number of hydrogen-bond acceptors (Lipinski definition) is 8. The maximum atomic E-state index is 12.3. The zero-order chi connectivity index (χ0) is 21.7. The van der Waals surface area contributed by atoms with Gasteiger partial charge in [0, 0.05) is 12.2 Å². The van der Waals surface area contributed by atoms with E-state index in [1.54, 1.807) is 0 Å². The Bertz CT molecular complexity index is 577. The van der Waals surface area contributed by atoms with Crippen molar-refractivity contribution in [1.29, 1.82) is 0 Å². The highest BCUT2D eigenvalue weighted by Crippen LogP contribution is 2.02. The van der Waals surface area contributed by atoms with Gasteiger partial charge in [-0.2, -0.15) is 24.4 Å². The minimum absolute atomic E-state index is 0.0435. The van der Waals surface area contributed by atoms with E-state index in [1.165, 1.54) is 11.8 Å². The van der Waals surface area contributed by atoms with E-state index in [4.69, 9.17) is 16.6 Å². The number of carbonyl (C=O) groups is 5. The first-order valence-corrected chi connectivity index (χ1v) is 10.4. The van der Waals surface area contributed by atoms with Crippen LogP contribution in [0.3, 0.4) is 0 Å². The molecule has 3 unspecified atom stereocenters. The molecular formula is C15H27N5O6S2. The third kappa shape index (κ3) is 11.0. The van der Waals surface area contributed by atoms with E-state index < -0.39 is 54.3 Å². The minimum Gasteiger partial charge on any atom is -0.480 e. The van der Waals surface area contributed by atoms with Crippen LogP contribution in [0.15, 0.2) is 0 Å². The van der Waals surface area contributed by atoms with Gasteiger partial charge in [-0.15, -0.1) is 0 Å². The first-order valence-electron chi connectivity index (χ1n) is 8.36. The van der Waals surface area contributed by atoms with Crippen LogP contribution in [0.4, 0.5) is 0 Å². The first kappa shape index (κ1) is 26.0. The van der Waals surface area contributed by atoms with Crippen LogP contribution in [0.5, 0.6) is 0 Å². The van der Waals surface area contributed by atoms with Crippen molar-refractivity contribution >= 4 is 54.0 Å². The van der Waals surface area contributed by atoms with Crippen LogP contribution in [0.1, 0.15) is 19.3 Å². The van der Waals surface area contributed by atoms with Gasteiger partial charge in [0.1, 0.15) is 12.1 Å². The van der Waals surface area contributed by atoms with Crippen LogP contribution in [-0.2, 0) is 24.0 Å². The number of primary amides is 1. The maximum absolute atomic E-state index is 12.3. The van der Waals surface area contributed by atoms with Crippen LogP contribution in [0.2, 0.25) is 0 Å². The zero-order valence-electron chi connectivity index (χ0n) is 15.5. The number of nitrogens with one attached hydrogen (secondary N) is 3. The van der Waals surface area contributed by atoms with E-state index in [-0.39, 0.29) is 25.0 Å². The van der Waals surface area contributed by atoms with Crippen molar-refractivity contribution in [3.05, 3.63) is 0 Å². The molecule has 8 N–H and O–H groups in total. The number of nitrogens with two attached hydrogens (primary N) is 2. The van der Waals surface area contributed by atoms with Gasteiger partial charge in [0.05, 0.1) is 12.6 Å². The fourth-order valence-corrected chi connectivity index (χ4v) is 2.65. The first-order chi connectivity index (χ1) is 13.1. The van der Waals surface area contributed by atoms with Gasteiger partial charge in [-0.05, 0) is 24.9 Å². The molecule has 3 atom stereocenters. The Morgan fingerprint density at radius 1 is 1.07 bits per heavy atom. The molecule has 13 heteroatoms. The molecule has 0 aliphatic rings. The Labute approximate surface area is 172 Å². The highest BCUT2D eigenvalue weighted by molar-refractivity contribution is 7.98. The molecular weight excluding hydrogens is 410 g/mol. The molecule has 0 aromatic rings. The summed E-state index contributed by atoms with van der Waals surface area (Å²) in [4.78, 5) is 57.8. The maximum Gasteiger partial charge on any atom is 0.327 e. The van der Waals surface area contributed by atoms with Crippen LogP contribution < -0.4 is 27.4 Å². The number of thiol groups is 1. The molecule has 0 saturated carbocycles. The number of carbonyl (C=O) groups excluding carboxylic acids is 4. The standard InChI is InChI=1S/C15H27N5O6S2/c1-28-5-4-9(14(24)20-10(7-27)15(25)26)19-12(22)6-18-13(23)8(16)2-3-11(17)21/h8-10,27H,2-7,16H2,1H3,(H2,17,21)(H,18,23)(H,19,22)(H,20,24)(H,25,26). The van der Waals surface area contributed by atoms with E-state index in [1.807, 2.05) is 6.26 Å². The third-order valence-corrected chi connectivity index (χ3v) is 4.53. The van der Waals surface area contributed by atoms with Crippen molar-refractivity contribution in [1.82, 2.24) is 16.0 Å². The Hall–Kier alpha value is -1.99. The smallest absolute Gasteiger partial charge is 0.327 e. The summed E-state index contributed by atoms with van der Waals surface area (Å²) in [6.07, 6.45) is 2.07. The molecule has 0 aromatic carbocycles. The van der Waals surface area contributed by atoms with Crippen LogP contribution in [0.25, 0.3) is 0 Å². The normalized spacial score (nSPS) is 13.7. The number of rotatable bonds is 14. The van der Waals surface area contributed by atoms with Gasteiger partial charge in [0.25, 0.3) is 0 Å². The molecule has 0 heterocycles. The van der Waals surface area contributed by atoms with Crippen molar-refractivity contribution in [2.45, 2.75) is 37.4 Å². The summed E-state index contributed by atoms with van der Waals surface area (Å²) >= 11 is 5.32. The summed E-state index contributed by atoms with van der Waals surface area (Å²) in [6, 6.07) is -3.16. The van der Waals surface area contributed by atoms with E-state index in [0.717, 1.165) is 0 Å². The average Bonchev–Trinajstić information content (AvgIpc) is 2.64. The second kappa shape index (κ2) is 14.1. The SMILES string of the molecule is CSCCC(NC(=O)CNC(=O)C(N)CCC(N)=O)C(=O)NC(CS)C(=O)O. The van der Waals surface area contributed by atoms with Crippen molar-refractivity contribution in [2.24, 2.45) is 11.5 Å². The van der Waals surface area contributed by atoms with Crippen LogP contribution in [-0.4, -0.2) is 77.1 Å². The predicted octanol–water partition coefficient (Wildman–Crippen LogP) is -2.57.